The molecular formula is C12H19N5O. The molecule has 6 nitrogen and oxygen atoms in total. The number of carbonyl (C=O) groups is 1. The highest BCUT2D eigenvalue weighted by atomic mass is 16.2. The number of nitrogens with one attached hydrogen (secondary N) is 1. The molecule has 1 aromatic rings. The van der Waals surface area contributed by atoms with Gasteiger partial charge in [0.25, 0.3) is 0 Å². The highest BCUT2D eigenvalue weighted by Gasteiger charge is 2.34. The number of hydrogen-bond acceptors (Lipinski definition) is 4. The van der Waals surface area contributed by atoms with Gasteiger partial charge in [0.05, 0.1) is 11.9 Å². The van der Waals surface area contributed by atoms with E-state index in [1.54, 1.807) is 17.1 Å². The lowest BCUT2D eigenvalue weighted by atomic mass is 9.84. The molecule has 0 aliphatic carbocycles. The Morgan fingerprint density at radius 3 is 2.83 bits per heavy atom. The van der Waals surface area contributed by atoms with Crippen molar-refractivity contribution in [3.05, 3.63) is 12.4 Å². The predicted molar refractivity (Wildman–Crippen MR) is 67.7 cm³/mol. The van der Waals surface area contributed by atoms with Gasteiger partial charge in [-0.2, -0.15) is 5.10 Å². The molecule has 0 saturated carbocycles. The Bertz CT molecular complexity index is 435. The van der Waals surface area contributed by atoms with Gasteiger partial charge in [0.15, 0.2) is 0 Å². The number of carbonyl (C=O) groups excluding carboxylic acids is 1. The van der Waals surface area contributed by atoms with Crippen LogP contribution >= 0.6 is 0 Å². The molecule has 3 aliphatic heterocycles. The molecule has 18 heavy (non-hydrogen) atoms. The van der Waals surface area contributed by atoms with E-state index in [9.17, 15) is 4.79 Å². The van der Waals surface area contributed by atoms with E-state index in [2.05, 4.69) is 15.3 Å². The average Bonchev–Trinajstić information content (AvgIpc) is 2.76. The Balaban J connectivity index is 1.55. The molecule has 98 valence electrons. The van der Waals surface area contributed by atoms with Gasteiger partial charge < -0.3 is 16.0 Å². The quantitative estimate of drug-likeness (QED) is 0.769. The largest absolute Gasteiger partial charge is 0.396 e. The van der Waals surface area contributed by atoms with E-state index >= 15 is 0 Å². The van der Waals surface area contributed by atoms with Crippen LogP contribution in [0.3, 0.4) is 0 Å². The average molecular weight is 249 g/mol. The molecule has 3 fully saturated rings. The van der Waals surface area contributed by atoms with Crippen molar-refractivity contribution in [1.29, 1.82) is 0 Å². The molecule has 4 heterocycles. The van der Waals surface area contributed by atoms with Crippen molar-refractivity contribution < 1.29 is 4.79 Å². The Morgan fingerprint density at radius 2 is 2.28 bits per heavy atom. The Kier molecular flexibility index (Phi) is 2.95. The van der Waals surface area contributed by atoms with E-state index in [4.69, 9.17) is 5.73 Å². The van der Waals surface area contributed by atoms with E-state index in [-0.39, 0.29) is 12.5 Å². The second kappa shape index (κ2) is 4.61. The van der Waals surface area contributed by atoms with Crippen LogP contribution in [0.4, 0.5) is 5.69 Å². The number of hydrogen-bond donors (Lipinski definition) is 2. The summed E-state index contributed by atoms with van der Waals surface area (Å²) in [6.45, 7) is 3.62. The molecule has 0 radical (unpaired) electrons. The van der Waals surface area contributed by atoms with Crippen LogP contribution in [0.5, 0.6) is 0 Å². The van der Waals surface area contributed by atoms with Crippen LogP contribution in [0.25, 0.3) is 0 Å². The zero-order valence-electron chi connectivity index (χ0n) is 10.4. The zero-order chi connectivity index (χ0) is 12.5. The van der Waals surface area contributed by atoms with Gasteiger partial charge in [-0.1, -0.05) is 0 Å². The van der Waals surface area contributed by atoms with Gasteiger partial charge in [-0.15, -0.1) is 0 Å². The lowest BCUT2D eigenvalue weighted by molar-refractivity contribution is -0.123. The third kappa shape index (κ3) is 2.33. The van der Waals surface area contributed by atoms with E-state index in [1.807, 2.05) is 0 Å². The SMILES string of the molecule is Nc1cnn(CC(=O)NC2CN3CCC2CC3)c1. The summed E-state index contributed by atoms with van der Waals surface area (Å²) >= 11 is 0. The van der Waals surface area contributed by atoms with E-state index in [0.29, 0.717) is 17.6 Å². The summed E-state index contributed by atoms with van der Waals surface area (Å²) < 4.78 is 1.58. The lowest BCUT2D eigenvalue weighted by Gasteiger charge is -2.44. The number of anilines is 1. The molecule has 6 heteroatoms. The van der Waals surface area contributed by atoms with E-state index < -0.39 is 0 Å². The fraction of sp³-hybridized carbons (Fsp3) is 0.667. The maximum absolute atomic E-state index is 11.9. The minimum Gasteiger partial charge on any atom is -0.396 e. The number of aromatic nitrogens is 2. The highest BCUT2D eigenvalue weighted by Crippen LogP contribution is 2.27. The lowest BCUT2D eigenvalue weighted by Crippen LogP contribution is -2.57. The Labute approximate surface area is 106 Å². The van der Waals surface area contributed by atoms with E-state index in [1.165, 1.54) is 25.9 Å². The second-order valence-corrected chi connectivity index (χ2v) is 5.28. The number of nitrogens with two attached hydrogens (primary N) is 1. The summed E-state index contributed by atoms with van der Waals surface area (Å²) in [5.74, 6) is 0.679. The summed E-state index contributed by atoms with van der Waals surface area (Å²) in [6, 6.07) is 0.313. The van der Waals surface area contributed by atoms with Crippen LogP contribution in [0, 0.1) is 5.92 Å². The number of nitrogen functional groups attached to an aromatic ring is 1. The number of piperidine rings is 3. The minimum absolute atomic E-state index is 0.0249. The molecule has 4 rings (SSSR count). The topological polar surface area (TPSA) is 76.2 Å². The molecule has 1 unspecified atom stereocenters. The normalized spacial score (nSPS) is 30.3. The summed E-state index contributed by atoms with van der Waals surface area (Å²) in [5, 5.41) is 7.14. The molecule has 1 amide bonds. The summed E-state index contributed by atoms with van der Waals surface area (Å²) in [7, 11) is 0. The summed E-state index contributed by atoms with van der Waals surface area (Å²) in [4.78, 5) is 14.4. The first-order valence-corrected chi connectivity index (χ1v) is 6.50. The molecule has 0 spiro atoms. The van der Waals surface area contributed by atoms with Crippen LogP contribution in [0.15, 0.2) is 12.4 Å². The molecule has 2 bridgehead atoms. The van der Waals surface area contributed by atoms with Gasteiger partial charge in [0.1, 0.15) is 6.54 Å². The third-order valence-corrected chi connectivity index (χ3v) is 3.96. The maximum atomic E-state index is 11.9. The first-order chi connectivity index (χ1) is 8.70. The molecule has 3 aliphatic rings. The first-order valence-electron chi connectivity index (χ1n) is 6.50. The predicted octanol–water partition coefficient (Wildman–Crippen LogP) is -0.324. The monoisotopic (exact) mass is 249 g/mol. The number of fused-ring (bicyclic) bond motifs is 3. The number of rotatable bonds is 3. The first kappa shape index (κ1) is 11.5. The van der Waals surface area contributed by atoms with Crippen LogP contribution in [0.2, 0.25) is 0 Å². The molecule has 3 N–H and O–H groups in total. The van der Waals surface area contributed by atoms with Gasteiger partial charge in [0, 0.05) is 18.8 Å². The van der Waals surface area contributed by atoms with Crippen LogP contribution in [-0.2, 0) is 11.3 Å². The fourth-order valence-corrected chi connectivity index (χ4v) is 2.99. The number of amides is 1. The van der Waals surface area contributed by atoms with Crippen molar-refractivity contribution in [1.82, 2.24) is 20.0 Å². The van der Waals surface area contributed by atoms with Gasteiger partial charge in [0.2, 0.25) is 5.91 Å². The van der Waals surface area contributed by atoms with Crippen molar-refractivity contribution in [3.8, 4) is 0 Å². The maximum Gasteiger partial charge on any atom is 0.242 e. The van der Waals surface area contributed by atoms with Gasteiger partial charge in [-0.25, -0.2) is 0 Å². The molecular weight excluding hydrogens is 230 g/mol. The van der Waals surface area contributed by atoms with E-state index in [0.717, 1.165) is 6.54 Å². The highest BCUT2D eigenvalue weighted by molar-refractivity contribution is 5.76. The van der Waals surface area contributed by atoms with Crippen molar-refractivity contribution in [2.24, 2.45) is 5.92 Å². The van der Waals surface area contributed by atoms with Crippen LogP contribution in [-0.4, -0.2) is 46.3 Å². The summed E-state index contributed by atoms with van der Waals surface area (Å²) in [5.41, 5.74) is 6.15. The molecule has 1 aromatic heterocycles. The molecule has 1 atom stereocenters. The third-order valence-electron chi connectivity index (χ3n) is 3.96. The second-order valence-electron chi connectivity index (χ2n) is 5.28. The molecule has 3 saturated heterocycles. The summed E-state index contributed by atoms with van der Waals surface area (Å²) in [6.07, 6.45) is 5.65. The van der Waals surface area contributed by atoms with Crippen LogP contribution < -0.4 is 11.1 Å². The van der Waals surface area contributed by atoms with Crippen molar-refractivity contribution >= 4 is 11.6 Å². The molecule has 0 aromatic carbocycles. The fourth-order valence-electron chi connectivity index (χ4n) is 2.99. The van der Waals surface area contributed by atoms with Crippen molar-refractivity contribution in [3.63, 3.8) is 0 Å². The Hall–Kier alpha value is -1.56. The van der Waals surface area contributed by atoms with Gasteiger partial charge in [-0.05, 0) is 31.8 Å². The Morgan fingerprint density at radius 1 is 1.50 bits per heavy atom. The van der Waals surface area contributed by atoms with Crippen LogP contribution in [0.1, 0.15) is 12.8 Å². The smallest absolute Gasteiger partial charge is 0.242 e. The van der Waals surface area contributed by atoms with Crippen molar-refractivity contribution in [2.75, 3.05) is 25.4 Å². The number of nitrogens with zero attached hydrogens (tertiary/aromatic N) is 3. The van der Waals surface area contributed by atoms with Crippen molar-refractivity contribution in [2.45, 2.75) is 25.4 Å². The minimum atomic E-state index is 0.0249. The standard InChI is InChI=1S/C12H19N5O/c13-10-5-14-17(6-10)8-12(18)15-11-7-16-3-1-9(11)2-4-16/h5-6,9,11H,1-4,7-8,13H2,(H,15,18). The zero-order valence-corrected chi connectivity index (χ0v) is 10.4. The van der Waals surface area contributed by atoms with Gasteiger partial charge in [-0.3, -0.25) is 9.48 Å². The van der Waals surface area contributed by atoms with Gasteiger partial charge >= 0.3 is 0 Å².